The first-order valence-corrected chi connectivity index (χ1v) is 9.90. The molecule has 5 nitrogen and oxygen atoms in total. The van der Waals surface area contributed by atoms with E-state index in [1.54, 1.807) is 24.1 Å². The number of likely N-dealkylation sites (tertiary alicyclic amines) is 1. The number of carbonyl (C=O) groups is 1. The summed E-state index contributed by atoms with van der Waals surface area (Å²) in [6.07, 6.45) is 0.505. The van der Waals surface area contributed by atoms with Gasteiger partial charge in [-0.15, -0.1) is 12.4 Å². The first-order valence-electron chi connectivity index (χ1n) is 9.52. The molecule has 1 aliphatic rings. The van der Waals surface area contributed by atoms with Gasteiger partial charge in [-0.05, 0) is 44.3 Å². The van der Waals surface area contributed by atoms with Crippen LogP contribution in [-0.2, 0) is 5.60 Å². The van der Waals surface area contributed by atoms with Crippen molar-refractivity contribution in [2.45, 2.75) is 12.0 Å². The fourth-order valence-electron chi connectivity index (χ4n) is 3.96. The highest BCUT2D eigenvalue weighted by molar-refractivity contribution is 6.30. The van der Waals surface area contributed by atoms with Crippen LogP contribution in [-0.4, -0.2) is 61.7 Å². The molecule has 0 spiro atoms. The third-order valence-electron chi connectivity index (χ3n) is 5.49. The molecule has 158 valence electrons. The van der Waals surface area contributed by atoms with Crippen LogP contribution in [0.25, 0.3) is 0 Å². The average molecular weight is 438 g/mol. The van der Waals surface area contributed by atoms with Crippen LogP contribution in [0.3, 0.4) is 0 Å². The van der Waals surface area contributed by atoms with Crippen LogP contribution in [0.4, 0.5) is 10.5 Å². The number of hydrogen-bond acceptors (Lipinski definition) is 3. The van der Waals surface area contributed by atoms with Gasteiger partial charge in [-0.25, -0.2) is 4.79 Å². The number of amides is 2. The van der Waals surface area contributed by atoms with Crippen molar-refractivity contribution in [1.29, 1.82) is 0 Å². The maximum Gasteiger partial charge on any atom is 0.324 e. The van der Waals surface area contributed by atoms with Crippen molar-refractivity contribution in [2.75, 3.05) is 45.7 Å². The van der Waals surface area contributed by atoms with Gasteiger partial charge >= 0.3 is 6.03 Å². The number of nitrogens with zero attached hydrogens (tertiary/aromatic N) is 3. The van der Waals surface area contributed by atoms with Gasteiger partial charge in [0.05, 0.1) is 5.60 Å². The van der Waals surface area contributed by atoms with Crippen molar-refractivity contribution < 1.29 is 9.90 Å². The molecule has 1 aliphatic heterocycles. The van der Waals surface area contributed by atoms with Gasteiger partial charge in [0.25, 0.3) is 0 Å². The SMILES string of the molecule is CN(C)CC1CN(C(=O)N(C)c2cccc(Cl)c2)CCC1(O)c1ccccc1.Cl. The fraction of sp³-hybridized carbons (Fsp3) is 0.409. The lowest BCUT2D eigenvalue weighted by Gasteiger charge is -2.46. The number of rotatable bonds is 4. The van der Waals surface area contributed by atoms with E-state index in [1.807, 2.05) is 61.5 Å². The first kappa shape index (κ1) is 23.5. The summed E-state index contributed by atoms with van der Waals surface area (Å²) in [5.41, 5.74) is 0.722. The second kappa shape index (κ2) is 9.81. The van der Waals surface area contributed by atoms with Gasteiger partial charge in [-0.1, -0.05) is 48.0 Å². The molecule has 2 unspecified atom stereocenters. The summed E-state index contributed by atoms with van der Waals surface area (Å²) in [4.78, 5) is 18.6. The van der Waals surface area contributed by atoms with E-state index >= 15 is 0 Å². The van der Waals surface area contributed by atoms with E-state index in [-0.39, 0.29) is 24.4 Å². The van der Waals surface area contributed by atoms with E-state index in [9.17, 15) is 9.90 Å². The van der Waals surface area contributed by atoms with Gasteiger partial charge in [0, 0.05) is 43.3 Å². The van der Waals surface area contributed by atoms with Crippen LogP contribution in [0, 0.1) is 5.92 Å². The molecule has 2 aromatic carbocycles. The molecule has 1 heterocycles. The molecule has 2 aromatic rings. The summed E-state index contributed by atoms with van der Waals surface area (Å²) in [6.45, 7) is 1.68. The Hall–Kier alpha value is -1.79. The Bertz CT molecular complexity index is 819. The molecule has 0 radical (unpaired) electrons. The normalized spacial score (nSPS) is 21.6. The lowest BCUT2D eigenvalue weighted by atomic mass is 9.75. The quantitative estimate of drug-likeness (QED) is 0.783. The minimum Gasteiger partial charge on any atom is -0.385 e. The molecule has 29 heavy (non-hydrogen) atoms. The monoisotopic (exact) mass is 437 g/mol. The second-order valence-corrected chi connectivity index (χ2v) is 8.20. The fourth-order valence-corrected chi connectivity index (χ4v) is 4.14. The van der Waals surface area contributed by atoms with Gasteiger partial charge in [0.1, 0.15) is 0 Å². The van der Waals surface area contributed by atoms with Crippen molar-refractivity contribution in [1.82, 2.24) is 9.80 Å². The van der Waals surface area contributed by atoms with Crippen LogP contribution >= 0.6 is 24.0 Å². The molecule has 7 heteroatoms. The topological polar surface area (TPSA) is 47.0 Å². The molecule has 0 aromatic heterocycles. The highest BCUT2D eigenvalue weighted by Crippen LogP contribution is 2.38. The maximum absolute atomic E-state index is 13.1. The van der Waals surface area contributed by atoms with Gasteiger partial charge in [-0.2, -0.15) is 0 Å². The van der Waals surface area contributed by atoms with E-state index in [0.717, 1.165) is 11.3 Å². The van der Waals surface area contributed by atoms with Gasteiger partial charge in [-0.3, -0.25) is 4.90 Å². The van der Waals surface area contributed by atoms with Crippen molar-refractivity contribution in [3.05, 3.63) is 65.2 Å². The number of hydrogen-bond donors (Lipinski definition) is 1. The Morgan fingerprint density at radius 1 is 1.17 bits per heavy atom. The van der Waals surface area contributed by atoms with Crippen LogP contribution in [0.15, 0.2) is 54.6 Å². The van der Waals surface area contributed by atoms with E-state index in [2.05, 4.69) is 4.90 Å². The van der Waals surface area contributed by atoms with Crippen LogP contribution < -0.4 is 4.90 Å². The van der Waals surface area contributed by atoms with Gasteiger partial charge in [0.15, 0.2) is 0 Å². The van der Waals surface area contributed by atoms with Gasteiger partial charge in [0.2, 0.25) is 0 Å². The third kappa shape index (κ3) is 5.23. The standard InChI is InChI=1S/C22H28ClN3O2.ClH/c1-24(2)15-18-16-26(13-12-22(18,28)17-8-5-4-6-9-17)21(27)25(3)20-11-7-10-19(23)14-20;/h4-11,14,18,28H,12-13,15-16H2,1-3H3;1H. The zero-order chi connectivity index (χ0) is 20.3. The van der Waals surface area contributed by atoms with E-state index in [0.29, 0.717) is 31.1 Å². The number of carbonyl (C=O) groups excluding carboxylic acids is 1. The molecule has 1 saturated heterocycles. The zero-order valence-electron chi connectivity index (χ0n) is 17.1. The van der Waals surface area contributed by atoms with Crippen LogP contribution in [0.1, 0.15) is 12.0 Å². The number of aliphatic hydroxyl groups is 1. The first-order chi connectivity index (χ1) is 13.3. The van der Waals surface area contributed by atoms with Crippen LogP contribution in [0.2, 0.25) is 5.02 Å². The molecule has 2 atom stereocenters. The Morgan fingerprint density at radius 2 is 1.86 bits per heavy atom. The van der Waals surface area contributed by atoms with E-state index in [1.165, 1.54) is 0 Å². The lowest BCUT2D eigenvalue weighted by Crippen LogP contribution is -2.56. The molecule has 0 aliphatic carbocycles. The Labute approximate surface area is 184 Å². The molecule has 1 N–H and O–H groups in total. The summed E-state index contributed by atoms with van der Waals surface area (Å²) in [5, 5.41) is 12.1. The predicted molar refractivity (Wildman–Crippen MR) is 121 cm³/mol. The minimum atomic E-state index is -0.947. The molecular weight excluding hydrogens is 409 g/mol. The smallest absolute Gasteiger partial charge is 0.324 e. The summed E-state index contributed by atoms with van der Waals surface area (Å²) >= 11 is 6.07. The van der Waals surface area contributed by atoms with Crippen molar-refractivity contribution in [3.63, 3.8) is 0 Å². The molecule has 0 saturated carbocycles. The molecule has 0 bridgehead atoms. The summed E-state index contributed by atoms with van der Waals surface area (Å²) < 4.78 is 0. The third-order valence-corrected chi connectivity index (χ3v) is 5.73. The predicted octanol–water partition coefficient (Wildman–Crippen LogP) is 4.09. The van der Waals surface area contributed by atoms with Crippen molar-refractivity contribution in [3.8, 4) is 0 Å². The Kier molecular flexibility index (Phi) is 7.94. The number of anilines is 1. The minimum absolute atomic E-state index is 0. The zero-order valence-corrected chi connectivity index (χ0v) is 18.7. The summed E-state index contributed by atoms with van der Waals surface area (Å²) in [6, 6.07) is 17.0. The number of urea groups is 1. The van der Waals surface area contributed by atoms with E-state index < -0.39 is 5.60 Å². The highest BCUT2D eigenvalue weighted by Gasteiger charge is 2.44. The van der Waals surface area contributed by atoms with Crippen molar-refractivity contribution >= 4 is 35.7 Å². The maximum atomic E-state index is 13.1. The lowest BCUT2D eigenvalue weighted by molar-refractivity contribution is -0.0752. The number of piperidine rings is 1. The largest absolute Gasteiger partial charge is 0.385 e. The van der Waals surface area contributed by atoms with E-state index in [4.69, 9.17) is 11.6 Å². The van der Waals surface area contributed by atoms with Gasteiger partial charge < -0.3 is 14.9 Å². The number of halogens is 2. The second-order valence-electron chi connectivity index (χ2n) is 7.77. The van der Waals surface area contributed by atoms with Crippen LogP contribution in [0.5, 0.6) is 0 Å². The summed E-state index contributed by atoms with van der Waals surface area (Å²) in [5.74, 6) is -0.0876. The summed E-state index contributed by atoms with van der Waals surface area (Å²) in [7, 11) is 5.74. The van der Waals surface area contributed by atoms with Crippen molar-refractivity contribution in [2.24, 2.45) is 5.92 Å². The average Bonchev–Trinajstić information content (AvgIpc) is 2.69. The highest BCUT2D eigenvalue weighted by atomic mass is 35.5. The Morgan fingerprint density at radius 3 is 2.48 bits per heavy atom. The molecule has 3 rings (SSSR count). The Balaban J connectivity index is 0.00000300. The molecule has 1 fully saturated rings. The molecule has 2 amide bonds. The number of benzene rings is 2. The molecular formula is C22H29Cl2N3O2.